The van der Waals surface area contributed by atoms with Crippen LogP contribution >= 0.6 is 0 Å². The summed E-state index contributed by atoms with van der Waals surface area (Å²) < 4.78 is 6.63. The van der Waals surface area contributed by atoms with Crippen LogP contribution in [0.2, 0.25) is 0 Å². The number of piperazine rings is 1. The van der Waals surface area contributed by atoms with Crippen LogP contribution in [-0.4, -0.2) is 82.0 Å². The maximum atomic E-state index is 12.4. The Labute approximate surface area is 218 Å². The molecule has 4 heterocycles. The third kappa shape index (κ3) is 6.93. The molecule has 0 spiro atoms. The Morgan fingerprint density at radius 3 is 2.57 bits per heavy atom. The van der Waals surface area contributed by atoms with Crippen molar-refractivity contribution in [1.82, 2.24) is 29.7 Å². The van der Waals surface area contributed by atoms with Crippen molar-refractivity contribution in [2.45, 2.75) is 46.6 Å². The number of nitriles is 1. The summed E-state index contributed by atoms with van der Waals surface area (Å²) in [6.45, 7) is 16.2. The molecule has 0 aliphatic carbocycles. The van der Waals surface area contributed by atoms with Gasteiger partial charge in [0.2, 0.25) is 0 Å². The van der Waals surface area contributed by atoms with Gasteiger partial charge in [0, 0.05) is 67.9 Å². The second kappa shape index (κ2) is 13.0. The van der Waals surface area contributed by atoms with Crippen LogP contribution in [0.25, 0.3) is 5.65 Å². The molecule has 198 valence electrons. The molecule has 0 aromatic carbocycles. The molecule has 2 fully saturated rings. The largest absolute Gasteiger partial charge is 0.381 e. The monoisotopic (exact) mass is 507 g/mol. The zero-order chi connectivity index (χ0) is 26.9. The summed E-state index contributed by atoms with van der Waals surface area (Å²) in [6.07, 6.45) is 8.53. The fourth-order valence-corrected chi connectivity index (χ4v) is 4.00. The lowest BCUT2D eigenvalue weighted by molar-refractivity contribution is -0.0747. The topological polar surface area (TPSA) is 137 Å². The number of hydrogen-bond acceptors (Lipinski definition) is 9. The van der Waals surface area contributed by atoms with Crippen LogP contribution in [0.4, 0.5) is 5.82 Å². The molecule has 1 atom stereocenters. The minimum Gasteiger partial charge on any atom is -0.381 e. The predicted molar refractivity (Wildman–Crippen MR) is 144 cm³/mol. The summed E-state index contributed by atoms with van der Waals surface area (Å²) in [7, 11) is 0. The highest BCUT2D eigenvalue weighted by Crippen LogP contribution is 2.20. The van der Waals surface area contributed by atoms with Crippen molar-refractivity contribution in [2.24, 2.45) is 4.99 Å². The molecule has 1 unspecified atom stereocenters. The van der Waals surface area contributed by atoms with Crippen molar-refractivity contribution in [3.8, 4) is 6.07 Å². The zero-order valence-electron chi connectivity index (χ0n) is 22.3. The molecular weight excluding hydrogens is 470 g/mol. The number of anilines is 1. The number of hydrogen-bond donors (Lipinski definition) is 2. The van der Waals surface area contributed by atoms with E-state index in [0.29, 0.717) is 22.9 Å². The SMILES string of the molecule is CC=C(C)N1CCN(C2COC2)CC1.CC=NC=C(C)NC(=O)c1c(N)nn2cc(C(C)C#N)cnc12. The minimum absolute atomic E-state index is 0.0727. The van der Waals surface area contributed by atoms with Gasteiger partial charge < -0.3 is 20.7 Å². The number of carbonyl (C=O) groups excluding carboxylic acids is 1. The van der Waals surface area contributed by atoms with E-state index < -0.39 is 5.91 Å². The fraction of sp³-hybridized carbons (Fsp3) is 0.500. The van der Waals surface area contributed by atoms with Crippen LogP contribution in [0, 0.1) is 11.3 Å². The molecule has 2 aliphatic rings. The van der Waals surface area contributed by atoms with Crippen LogP contribution < -0.4 is 11.1 Å². The van der Waals surface area contributed by atoms with E-state index in [0.717, 1.165) is 13.2 Å². The lowest BCUT2D eigenvalue weighted by Gasteiger charge is -2.43. The molecule has 2 aromatic heterocycles. The van der Waals surface area contributed by atoms with Gasteiger partial charge in [0.1, 0.15) is 5.56 Å². The number of fused-ring (bicyclic) bond motifs is 1. The second-order valence-corrected chi connectivity index (χ2v) is 9.08. The first-order chi connectivity index (χ1) is 17.8. The Morgan fingerprint density at radius 2 is 2.00 bits per heavy atom. The zero-order valence-corrected chi connectivity index (χ0v) is 22.3. The number of nitrogens with two attached hydrogens (primary N) is 1. The van der Waals surface area contributed by atoms with Gasteiger partial charge >= 0.3 is 0 Å². The number of ether oxygens (including phenoxy) is 1. The molecule has 0 bridgehead atoms. The molecule has 0 saturated carbocycles. The van der Waals surface area contributed by atoms with Crippen molar-refractivity contribution in [3.63, 3.8) is 0 Å². The van der Waals surface area contributed by atoms with Gasteiger partial charge in [0.15, 0.2) is 11.5 Å². The highest BCUT2D eigenvalue weighted by molar-refractivity contribution is 6.04. The number of allylic oxidation sites excluding steroid dienone is 3. The lowest BCUT2D eigenvalue weighted by Crippen LogP contribution is -2.56. The van der Waals surface area contributed by atoms with E-state index in [-0.39, 0.29) is 17.3 Å². The van der Waals surface area contributed by atoms with Crippen LogP contribution in [0.15, 0.2) is 41.1 Å². The van der Waals surface area contributed by atoms with Crippen LogP contribution in [0.1, 0.15) is 56.5 Å². The number of nitrogens with one attached hydrogen (secondary N) is 1. The summed E-state index contributed by atoms with van der Waals surface area (Å²) in [5.74, 6) is -0.665. The fourth-order valence-electron chi connectivity index (χ4n) is 4.00. The lowest BCUT2D eigenvalue weighted by atomic mass is 10.1. The summed E-state index contributed by atoms with van der Waals surface area (Å²) in [5, 5.41) is 15.7. The van der Waals surface area contributed by atoms with Crippen molar-refractivity contribution in [1.29, 1.82) is 5.26 Å². The molecule has 2 aliphatic heterocycles. The molecule has 2 aromatic rings. The van der Waals surface area contributed by atoms with Crippen LogP contribution in [0.5, 0.6) is 0 Å². The van der Waals surface area contributed by atoms with Gasteiger partial charge in [-0.15, -0.1) is 5.10 Å². The summed E-state index contributed by atoms with van der Waals surface area (Å²) in [4.78, 5) is 25.5. The second-order valence-electron chi connectivity index (χ2n) is 9.08. The molecule has 2 saturated heterocycles. The highest BCUT2D eigenvalue weighted by Gasteiger charge is 2.28. The van der Waals surface area contributed by atoms with Crippen molar-refractivity contribution >= 4 is 23.6 Å². The van der Waals surface area contributed by atoms with E-state index in [1.165, 1.54) is 42.6 Å². The van der Waals surface area contributed by atoms with Gasteiger partial charge in [0.25, 0.3) is 5.91 Å². The Balaban J connectivity index is 0.000000231. The van der Waals surface area contributed by atoms with Gasteiger partial charge in [-0.2, -0.15) is 5.26 Å². The molecule has 1 amide bonds. The number of rotatable bonds is 6. The molecule has 3 N–H and O–H groups in total. The van der Waals surface area contributed by atoms with Crippen LogP contribution in [-0.2, 0) is 4.74 Å². The molecule has 4 rings (SSSR count). The summed E-state index contributed by atoms with van der Waals surface area (Å²) >= 11 is 0. The normalized spacial score (nSPS) is 18.2. The van der Waals surface area contributed by atoms with E-state index in [2.05, 4.69) is 56.2 Å². The number of aliphatic imine (C=N–C) groups is 1. The van der Waals surface area contributed by atoms with Gasteiger partial charge in [-0.3, -0.25) is 14.7 Å². The summed E-state index contributed by atoms with van der Waals surface area (Å²) in [5.41, 5.74) is 9.04. The maximum absolute atomic E-state index is 12.4. The number of nitrogens with zero attached hydrogens (tertiary/aromatic N) is 7. The quantitative estimate of drug-likeness (QED) is 0.569. The maximum Gasteiger partial charge on any atom is 0.263 e. The Hall–Kier alpha value is -3.75. The third-order valence-corrected chi connectivity index (χ3v) is 6.54. The summed E-state index contributed by atoms with van der Waals surface area (Å²) in [6, 6.07) is 2.83. The average molecular weight is 508 g/mol. The van der Waals surface area contributed by atoms with Crippen molar-refractivity contribution in [2.75, 3.05) is 45.1 Å². The Morgan fingerprint density at radius 1 is 1.30 bits per heavy atom. The first-order valence-electron chi connectivity index (χ1n) is 12.5. The molecule has 37 heavy (non-hydrogen) atoms. The van der Waals surface area contributed by atoms with E-state index in [4.69, 9.17) is 15.7 Å². The van der Waals surface area contributed by atoms with Crippen molar-refractivity contribution < 1.29 is 9.53 Å². The number of carbonyl (C=O) groups is 1. The predicted octanol–water partition coefficient (Wildman–Crippen LogP) is 2.55. The Kier molecular flexibility index (Phi) is 9.77. The van der Waals surface area contributed by atoms with Gasteiger partial charge in [-0.25, -0.2) is 9.50 Å². The number of aromatic nitrogens is 3. The highest BCUT2D eigenvalue weighted by atomic mass is 16.5. The molecule has 0 radical (unpaired) electrons. The van der Waals surface area contributed by atoms with E-state index in [1.54, 1.807) is 39.4 Å². The van der Waals surface area contributed by atoms with E-state index in [9.17, 15) is 4.79 Å². The Bertz CT molecular complexity index is 1210. The molecule has 11 heteroatoms. The van der Waals surface area contributed by atoms with Crippen molar-refractivity contribution in [3.05, 3.63) is 47.2 Å². The van der Waals surface area contributed by atoms with E-state index >= 15 is 0 Å². The van der Waals surface area contributed by atoms with Crippen LogP contribution in [0.3, 0.4) is 0 Å². The van der Waals surface area contributed by atoms with Gasteiger partial charge in [-0.1, -0.05) is 6.08 Å². The smallest absolute Gasteiger partial charge is 0.263 e. The van der Waals surface area contributed by atoms with Gasteiger partial charge in [-0.05, 0) is 34.6 Å². The third-order valence-electron chi connectivity index (χ3n) is 6.54. The number of amides is 1. The molecular formula is C26H37N9O2. The first kappa shape index (κ1) is 27.8. The molecule has 11 nitrogen and oxygen atoms in total. The number of nitrogen functional groups attached to an aromatic ring is 1. The average Bonchev–Trinajstić information content (AvgIpc) is 3.21. The first-order valence-corrected chi connectivity index (χ1v) is 12.5. The van der Waals surface area contributed by atoms with Gasteiger partial charge in [0.05, 0.1) is 31.2 Å². The van der Waals surface area contributed by atoms with E-state index in [1.807, 2.05) is 0 Å². The minimum atomic E-state index is -0.411. The standard InChI is InChI=1S/C15H17N7O.C11H20N2O/c1-4-18-6-10(3)20-15(23)12-13(17)21-22-8-11(9(2)5-16)7-19-14(12)22;1-3-10(2)12-4-6-13(7-5-12)11-8-14-9-11/h4,6-9H,1-3H3,(H2,17,21)(H,20,23);3,11H,4-9H2,1-2H3.